The smallest absolute Gasteiger partial charge is 0.326 e. The Morgan fingerprint density at radius 3 is 2.71 bits per heavy atom. The molecule has 0 aromatic heterocycles. The average molecular weight is 243 g/mol. The number of carboxylic acid groups (broad SMARTS) is 1. The SMILES string of the molecule is CCCCC(Nc1ccc(F)cc1F)C(=O)O. The molecule has 0 spiro atoms. The van der Waals surface area contributed by atoms with Gasteiger partial charge in [-0.2, -0.15) is 0 Å². The van der Waals surface area contributed by atoms with E-state index in [4.69, 9.17) is 5.11 Å². The predicted octanol–water partition coefficient (Wildman–Crippen LogP) is 3.02. The zero-order valence-corrected chi connectivity index (χ0v) is 9.54. The zero-order chi connectivity index (χ0) is 12.8. The highest BCUT2D eigenvalue weighted by atomic mass is 19.1. The summed E-state index contributed by atoms with van der Waals surface area (Å²) in [6.07, 6.45) is 1.99. The van der Waals surface area contributed by atoms with E-state index in [1.807, 2.05) is 6.92 Å². The second-order valence-electron chi connectivity index (χ2n) is 3.80. The lowest BCUT2D eigenvalue weighted by Crippen LogP contribution is -2.29. The molecule has 0 aliphatic rings. The molecular weight excluding hydrogens is 228 g/mol. The van der Waals surface area contributed by atoms with Gasteiger partial charge in [0.05, 0.1) is 5.69 Å². The topological polar surface area (TPSA) is 49.3 Å². The number of rotatable bonds is 6. The van der Waals surface area contributed by atoms with E-state index in [2.05, 4.69) is 5.32 Å². The van der Waals surface area contributed by atoms with Gasteiger partial charge in [0.15, 0.2) is 0 Å². The van der Waals surface area contributed by atoms with Gasteiger partial charge >= 0.3 is 5.97 Å². The highest BCUT2D eigenvalue weighted by Gasteiger charge is 2.17. The van der Waals surface area contributed by atoms with Crippen LogP contribution in [-0.2, 0) is 4.79 Å². The summed E-state index contributed by atoms with van der Waals surface area (Å²) in [6.45, 7) is 1.94. The van der Waals surface area contributed by atoms with E-state index in [0.717, 1.165) is 25.0 Å². The Bertz CT molecular complexity index is 396. The van der Waals surface area contributed by atoms with Crippen LogP contribution in [0.4, 0.5) is 14.5 Å². The van der Waals surface area contributed by atoms with Crippen molar-refractivity contribution in [1.82, 2.24) is 0 Å². The van der Waals surface area contributed by atoms with E-state index in [1.165, 1.54) is 6.07 Å². The molecule has 0 amide bonds. The molecule has 0 saturated heterocycles. The van der Waals surface area contributed by atoms with E-state index in [1.54, 1.807) is 0 Å². The molecule has 3 nitrogen and oxygen atoms in total. The number of halogens is 2. The van der Waals surface area contributed by atoms with Gasteiger partial charge in [-0.3, -0.25) is 0 Å². The molecule has 1 atom stereocenters. The summed E-state index contributed by atoms with van der Waals surface area (Å²) >= 11 is 0. The first-order valence-electron chi connectivity index (χ1n) is 5.49. The van der Waals surface area contributed by atoms with E-state index < -0.39 is 23.6 Å². The van der Waals surface area contributed by atoms with Crippen LogP contribution in [0.25, 0.3) is 0 Å². The summed E-state index contributed by atoms with van der Waals surface area (Å²) in [5.41, 5.74) is 0.00917. The quantitative estimate of drug-likeness (QED) is 0.807. The number of carbonyl (C=O) groups is 1. The van der Waals surface area contributed by atoms with Crippen molar-refractivity contribution in [2.75, 3.05) is 5.32 Å². The number of unbranched alkanes of at least 4 members (excludes halogenated alkanes) is 1. The maximum absolute atomic E-state index is 13.3. The molecule has 5 heteroatoms. The number of anilines is 1. The highest BCUT2D eigenvalue weighted by Crippen LogP contribution is 2.17. The fourth-order valence-corrected chi connectivity index (χ4v) is 1.46. The summed E-state index contributed by atoms with van der Waals surface area (Å²) in [6, 6.07) is 2.16. The predicted molar refractivity (Wildman–Crippen MR) is 60.9 cm³/mol. The van der Waals surface area contributed by atoms with Crippen LogP contribution in [0.15, 0.2) is 18.2 Å². The monoisotopic (exact) mass is 243 g/mol. The molecule has 0 heterocycles. The van der Waals surface area contributed by atoms with Gasteiger partial charge in [-0.05, 0) is 18.6 Å². The van der Waals surface area contributed by atoms with Crippen molar-refractivity contribution in [2.45, 2.75) is 32.2 Å². The van der Waals surface area contributed by atoms with E-state index >= 15 is 0 Å². The Hall–Kier alpha value is -1.65. The number of aliphatic carboxylic acids is 1. The molecule has 2 N–H and O–H groups in total. The number of hydrogen-bond acceptors (Lipinski definition) is 2. The molecule has 0 saturated carbocycles. The number of carboxylic acids is 1. The van der Waals surface area contributed by atoms with Gasteiger partial charge in [0.25, 0.3) is 0 Å². The van der Waals surface area contributed by atoms with Crippen molar-refractivity contribution in [3.8, 4) is 0 Å². The lowest BCUT2D eigenvalue weighted by Gasteiger charge is -2.15. The third kappa shape index (κ3) is 4.01. The molecule has 1 unspecified atom stereocenters. The molecule has 94 valence electrons. The van der Waals surface area contributed by atoms with Crippen LogP contribution in [0.3, 0.4) is 0 Å². The first-order valence-corrected chi connectivity index (χ1v) is 5.49. The average Bonchev–Trinajstić information content (AvgIpc) is 2.26. The fourth-order valence-electron chi connectivity index (χ4n) is 1.46. The van der Waals surface area contributed by atoms with Crippen LogP contribution in [-0.4, -0.2) is 17.1 Å². The van der Waals surface area contributed by atoms with Crippen LogP contribution in [0.1, 0.15) is 26.2 Å². The summed E-state index contributed by atoms with van der Waals surface area (Å²) < 4.78 is 26.0. The van der Waals surface area contributed by atoms with Gasteiger partial charge in [0.1, 0.15) is 17.7 Å². The summed E-state index contributed by atoms with van der Waals surface area (Å²) in [5.74, 6) is -2.51. The fraction of sp³-hybridized carbons (Fsp3) is 0.417. The third-order valence-corrected chi connectivity index (χ3v) is 2.41. The lowest BCUT2D eigenvalue weighted by molar-refractivity contribution is -0.138. The molecule has 0 fully saturated rings. The van der Waals surface area contributed by atoms with Gasteiger partial charge in [-0.15, -0.1) is 0 Å². The van der Waals surface area contributed by atoms with Crippen molar-refractivity contribution in [3.63, 3.8) is 0 Å². The van der Waals surface area contributed by atoms with Crippen molar-refractivity contribution < 1.29 is 18.7 Å². The second-order valence-corrected chi connectivity index (χ2v) is 3.80. The standard InChI is InChI=1S/C12H15F2NO2/c1-2-3-4-11(12(16)17)15-10-6-5-8(13)7-9(10)14/h5-7,11,15H,2-4H2,1H3,(H,16,17). The van der Waals surface area contributed by atoms with E-state index in [-0.39, 0.29) is 5.69 Å². The summed E-state index contributed by atoms with van der Waals surface area (Å²) in [7, 11) is 0. The molecule has 1 aromatic carbocycles. The highest BCUT2D eigenvalue weighted by molar-refractivity contribution is 5.77. The Morgan fingerprint density at radius 2 is 2.18 bits per heavy atom. The summed E-state index contributed by atoms with van der Waals surface area (Å²) in [5, 5.41) is 11.5. The van der Waals surface area contributed by atoms with Crippen molar-refractivity contribution in [3.05, 3.63) is 29.8 Å². The Labute approximate surface area is 98.5 Å². The van der Waals surface area contributed by atoms with Crippen LogP contribution in [0, 0.1) is 11.6 Å². The summed E-state index contributed by atoms with van der Waals surface area (Å²) in [4.78, 5) is 10.9. The van der Waals surface area contributed by atoms with Crippen LogP contribution < -0.4 is 5.32 Å². The van der Waals surface area contributed by atoms with E-state index in [9.17, 15) is 13.6 Å². The largest absolute Gasteiger partial charge is 0.480 e. The Morgan fingerprint density at radius 1 is 1.47 bits per heavy atom. The molecule has 1 rings (SSSR count). The molecule has 0 aliphatic carbocycles. The Balaban J connectivity index is 2.75. The van der Waals surface area contributed by atoms with Gasteiger partial charge in [-0.1, -0.05) is 19.8 Å². The zero-order valence-electron chi connectivity index (χ0n) is 9.54. The van der Waals surface area contributed by atoms with Crippen LogP contribution >= 0.6 is 0 Å². The normalized spacial score (nSPS) is 12.2. The first-order chi connectivity index (χ1) is 8.04. The van der Waals surface area contributed by atoms with Crippen LogP contribution in [0.5, 0.6) is 0 Å². The minimum atomic E-state index is -1.04. The van der Waals surface area contributed by atoms with Crippen molar-refractivity contribution in [2.24, 2.45) is 0 Å². The third-order valence-electron chi connectivity index (χ3n) is 2.41. The molecule has 1 aromatic rings. The van der Waals surface area contributed by atoms with Gasteiger partial charge in [-0.25, -0.2) is 13.6 Å². The molecule has 17 heavy (non-hydrogen) atoms. The molecular formula is C12H15F2NO2. The minimum absolute atomic E-state index is 0.00917. The van der Waals surface area contributed by atoms with Gasteiger partial charge in [0.2, 0.25) is 0 Å². The van der Waals surface area contributed by atoms with Crippen LogP contribution in [0.2, 0.25) is 0 Å². The second kappa shape index (κ2) is 6.18. The molecule has 0 radical (unpaired) electrons. The van der Waals surface area contributed by atoms with E-state index in [0.29, 0.717) is 6.42 Å². The number of nitrogens with one attached hydrogen (secondary N) is 1. The first kappa shape index (κ1) is 13.4. The van der Waals surface area contributed by atoms with Gasteiger partial charge in [0, 0.05) is 6.07 Å². The lowest BCUT2D eigenvalue weighted by atomic mass is 10.1. The minimum Gasteiger partial charge on any atom is -0.480 e. The maximum Gasteiger partial charge on any atom is 0.326 e. The maximum atomic E-state index is 13.3. The number of benzene rings is 1. The Kier molecular flexibility index (Phi) is 4.87. The van der Waals surface area contributed by atoms with Crippen molar-refractivity contribution >= 4 is 11.7 Å². The molecule has 0 bridgehead atoms. The van der Waals surface area contributed by atoms with Crippen molar-refractivity contribution in [1.29, 1.82) is 0 Å². The molecule has 0 aliphatic heterocycles. The number of hydrogen-bond donors (Lipinski definition) is 2. The van der Waals surface area contributed by atoms with Gasteiger partial charge < -0.3 is 10.4 Å².